The number of pyridine rings is 1. The van der Waals surface area contributed by atoms with Crippen LogP contribution in [0.5, 0.6) is 0 Å². The highest BCUT2D eigenvalue weighted by atomic mass is 127. The molecule has 1 aromatic carbocycles. The summed E-state index contributed by atoms with van der Waals surface area (Å²) in [6.07, 6.45) is 3.48. The van der Waals surface area contributed by atoms with Crippen LogP contribution in [0.15, 0.2) is 42.7 Å². The molecule has 18 heavy (non-hydrogen) atoms. The summed E-state index contributed by atoms with van der Waals surface area (Å²) in [6, 6.07) is 9.86. The molecule has 0 unspecified atom stereocenters. The van der Waals surface area contributed by atoms with E-state index in [4.69, 9.17) is 11.6 Å². The van der Waals surface area contributed by atoms with Gasteiger partial charge in [-0.05, 0) is 34.7 Å². The van der Waals surface area contributed by atoms with Crippen molar-refractivity contribution in [1.82, 2.24) is 15.0 Å². The number of nitrogens with zero attached hydrogens (tertiary/aromatic N) is 3. The Morgan fingerprint density at radius 3 is 2.72 bits per heavy atom. The lowest BCUT2D eigenvalue weighted by atomic mass is 10.1. The molecular weight excluding hydrogens is 361 g/mol. The molecule has 0 atom stereocenters. The first kappa shape index (κ1) is 11.8. The number of benzene rings is 1. The minimum atomic E-state index is 0.466. The van der Waals surface area contributed by atoms with E-state index in [9.17, 15) is 0 Å². The molecule has 0 spiro atoms. The van der Waals surface area contributed by atoms with Crippen LogP contribution in [-0.2, 0) is 0 Å². The van der Waals surface area contributed by atoms with Crippen molar-refractivity contribution in [3.05, 3.63) is 51.4 Å². The van der Waals surface area contributed by atoms with Gasteiger partial charge in [-0.2, -0.15) is 0 Å². The second kappa shape index (κ2) is 4.78. The highest BCUT2D eigenvalue weighted by molar-refractivity contribution is 14.1. The summed E-state index contributed by atoms with van der Waals surface area (Å²) in [5.74, 6) is 0.602. The first-order valence-electron chi connectivity index (χ1n) is 5.28. The van der Waals surface area contributed by atoms with Crippen LogP contribution in [0.4, 0.5) is 0 Å². The molecule has 3 nitrogen and oxygen atoms in total. The van der Waals surface area contributed by atoms with Crippen LogP contribution in [-0.4, -0.2) is 15.0 Å². The average molecular weight is 368 g/mol. The Morgan fingerprint density at radius 1 is 1.06 bits per heavy atom. The molecule has 0 aliphatic carbocycles. The number of hydrogen-bond acceptors (Lipinski definition) is 3. The molecule has 3 aromatic rings. The fraction of sp³-hybridized carbons (Fsp3) is 0. The number of aromatic nitrogens is 3. The van der Waals surface area contributed by atoms with Gasteiger partial charge in [0.25, 0.3) is 0 Å². The maximum atomic E-state index is 6.04. The van der Waals surface area contributed by atoms with Gasteiger partial charge in [-0.25, -0.2) is 9.97 Å². The zero-order chi connectivity index (χ0) is 12.5. The lowest BCUT2D eigenvalue weighted by Crippen LogP contribution is -1.93. The van der Waals surface area contributed by atoms with Gasteiger partial charge < -0.3 is 0 Å². The van der Waals surface area contributed by atoms with E-state index in [0.29, 0.717) is 11.0 Å². The minimum absolute atomic E-state index is 0.466. The molecule has 0 fully saturated rings. The normalized spacial score (nSPS) is 10.8. The highest BCUT2D eigenvalue weighted by Gasteiger charge is 2.09. The zero-order valence-electron chi connectivity index (χ0n) is 9.14. The molecule has 88 valence electrons. The molecule has 0 aliphatic heterocycles. The number of para-hydroxylation sites is 1. The SMILES string of the molecule is Clc1nc(-c2cccc3cccnc23)ncc1I. The van der Waals surface area contributed by atoms with E-state index < -0.39 is 0 Å². The van der Waals surface area contributed by atoms with Gasteiger partial charge in [0.05, 0.1) is 9.09 Å². The first-order valence-corrected chi connectivity index (χ1v) is 6.73. The van der Waals surface area contributed by atoms with E-state index in [1.807, 2.05) is 30.3 Å². The minimum Gasteiger partial charge on any atom is -0.255 e. The maximum absolute atomic E-state index is 6.04. The Balaban J connectivity index is 2.28. The number of fused-ring (bicyclic) bond motifs is 1. The summed E-state index contributed by atoms with van der Waals surface area (Å²) in [4.78, 5) is 13.0. The Kier molecular flexibility index (Phi) is 3.13. The van der Waals surface area contributed by atoms with Crippen LogP contribution in [0.3, 0.4) is 0 Å². The lowest BCUT2D eigenvalue weighted by molar-refractivity contribution is 1.16. The highest BCUT2D eigenvalue weighted by Crippen LogP contribution is 2.26. The molecule has 0 aliphatic rings. The van der Waals surface area contributed by atoms with Crippen molar-refractivity contribution in [3.63, 3.8) is 0 Å². The average Bonchev–Trinajstić information content (AvgIpc) is 2.41. The molecule has 0 radical (unpaired) electrons. The predicted octanol–water partition coefficient (Wildman–Crippen LogP) is 3.95. The third-order valence-electron chi connectivity index (χ3n) is 2.57. The summed E-state index contributed by atoms with van der Waals surface area (Å²) < 4.78 is 0.839. The monoisotopic (exact) mass is 367 g/mol. The number of rotatable bonds is 1. The van der Waals surface area contributed by atoms with Gasteiger partial charge in [0.15, 0.2) is 5.82 Å². The first-order chi connectivity index (χ1) is 8.75. The molecular formula is C13H7ClIN3. The molecule has 0 amide bonds. The van der Waals surface area contributed by atoms with E-state index >= 15 is 0 Å². The summed E-state index contributed by atoms with van der Waals surface area (Å²) in [7, 11) is 0. The van der Waals surface area contributed by atoms with E-state index in [-0.39, 0.29) is 0 Å². The molecule has 0 bridgehead atoms. The molecule has 5 heteroatoms. The fourth-order valence-corrected chi connectivity index (χ4v) is 2.15. The van der Waals surface area contributed by atoms with Crippen LogP contribution in [0.2, 0.25) is 5.15 Å². The largest absolute Gasteiger partial charge is 0.255 e. The second-order valence-electron chi connectivity index (χ2n) is 3.71. The maximum Gasteiger partial charge on any atom is 0.163 e. The van der Waals surface area contributed by atoms with Crippen molar-refractivity contribution in [2.75, 3.05) is 0 Å². The van der Waals surface area contributed by atoms with Gasteiger partial charge in [0.1, 0.15) is 5.15 Å². The third-order valence-corrected chi connectivity index (χ3v) is 3.97. The smallest absolute Gasteiger partial charge is 0.163 e. The van der Waals surface area contributed by atoms with Crippen LogP contribution in [0.1, 0.15) is 0 Å². The van der Waals surface area contributed by atoms with Crippen LogP contribution in [0, 0.1) is 3.57 Å². The van der Waals surface area contributed by atoms with Crippen molar-refractivity contribution in [1.29, 1.82) is 0 Å². The molecule has 0 N–H and O–H groups in total. The summed E-state index contributed by atoms with van der Waals surface area (Å²) >= 11 is 8.14. The third kappa shape index (κ3) is 2.06. The van der Waals surface area contributed by atoms with Gasteiger partial charge in [-0.15, -0.1) is 0 Å². The van der Waals surface area contributed by atoms with Crippen molar-refractivity contribution in [2.24, 2.45) is 0 Å². The molecule has 3 rings (SSSR count). The van der Waals surface area contributed by atoms with Crippen molar-refractivity contribution >= 4 is 45.1 Å². The van der Waals surface area contributed by atoms with Crippen LogP contribution in [0.25, 0.3) is 22.3 Å². The molecule has 0 saturated heterocycles. The Labute approximate surface area is 122 Å². The molecule has 2 heterocycles. The quantitative estimate of drug-likeness (QED) is 0.483. The van der Waals surface area contributed by atoms with Gasteiger partial charge in [-0.3, -0.25) is 4.98 Å². The topological polar surface area (TPSA) is 38.7 Å². The van der Waals surface area contributed by atoms with Crippen molar-refractivity contribution in [2.45, 2.75) is 0 Å². The van der Waals surface area contributed by atoms with Crippen LogP contribution >= 0.6 is 34.2 Å². The summed E-state index contributed by atoms with van der Waals surface area (Å²) in [5, 5.41) is 1.53. The van der Waals surface area contributed by atoms with Gasteiger partial charge in [0, 0.05) is 23.3 Å². The van der Waals surface area contributed by atoms with E-state index in [1.165, 1.54) is 0 Å². The Bertz CT molecular complexity index is 725. The number of halogens is 2. The molecule has 0 saturated carbocycles. The van der Waals surface area contributed by atoms with Gasteiger partial charge >= 0.3 is 0 Å². The van der Waals surface area contributed by atoms with Crippen LogP contribution < -0.4 is 0 Å². The zero-order valence-corrected chi connectivity index (χ0v) is 12.1. The standard InChI is InChI=1S/C13H7ClIN3/c14-12-10(15)7-17-13(18-12)9-5-1-3-8-4-2-6-16-11(8)9/h1-7H. The van der Waals surface area contributed by atoms with E-state index in [0.717, 1.165) is 20.0 Å². The van der Waals surface area contributed by atoms with E-state index in [1.54, 1.807) is 12.4 Å². The molecule has 2 aromatic heterocycles. The fourth-order valence-electron chi connectivity index (χ4n) is 1.76. The second-order valence-corrected chi connectivity index (χ2v) is 5.23. The Morgan fingerprint density at radius 2 is 1.89 bits per heavy atom. The predicted molar refractivity (Wildman–Crippen MR) is 80.5 cm³/mol. The number of hydrogen-bond donors (Lipinski definition) is 0. The van der Waals surface area contributed by atoms with Crippen molar-refractivity contribution < 1.29 is 0 Å². The van der Waals surface area contributed by atoms with Crippen molar-refractivity contribution in [3.8, 4) is 11.4 Å². The summed E-state index contributed by atoms with van der Waals surface area (Å²) in [5.41, 5.74) is 1.78. The Hall–Kier alpha value is -1.27. The van der Waals surface area contributed by atoms with Gasteiger partial charge in [0.2, 0.25) is 0 Å². The summed E-state index contributed by atoms with van der Waals surface area (Å²) in [6.45, 7) is 0. The lowest BCUT2D eigenvalue weighted by Gasteiger charge is -2.05. The van der Waals surface area contributed by atoms with Gasteiger partial charge in [-0.1, -0.05) is 29.8 Å². The van der Waals surface area contributed by atoms with E-state index in [2.05, 4.69) is 37.5 Å².